The summed E-state index contributed by atoms with van der Waals surface area (Å²) in [4.78, 5) is 23.8. The number of rotatable bonds is 8. The van der Waals surface area contributed by atoms with Gasteiger partial charge in [0, 0.05) is 5.56 Å². The van der Waals surface area contributed by atoms with Gasteiger partial charge in [0.1, 0.15) is 12.3 Å². The molecule has 0 saturated heterocycles. The van der Waals surface area contributed by atoms with Crippen molar-refractivity contribution in [1.29, 1.82) is 0 Å². The molecule has 28 heavy (non-hydrogen) atoms. The minimum absolute atomic E-state index is 0.242. The molecule has 6 nitrogen and oxygen atoms in total. The number of carbonyl (C=O) groups excluding carboxylic acids is 1. The van der Waals surface area contributed by atoms with Gasteiger partial charge < -0.3 is 19.9 Å². The first kappa shape index (κ1) is 21.1. The number of hydrogen-bond acceptors (Lipinski definition) is 4. The Bertz CT molecular complexity index is 922. The molecule has 1 amide bonds. The first-order valence-electron chi connectivity index (χ1n) is 8.28. The van der Waals surface area contributed by atoms with Gasteiger partial charge in [0.2, 0.25) is 0 Å². The molecular formula is C21H20ClNO5. The highest BCUT2D eigenvalue weighted by atomic mass is 35.5. The zero-order valence-electron chi connectivity index (χ0n) is 15.5. The van der Waals surface area contributed by atoms with Crippen molar-refractivity contribution in [2.24, 2.45) is 0 Å². The number of benzene rings is 2. The molecule has 2 N–H and O–H groups in total. The van der Waals surface area contributed by atoms with Crippen LogP contribution in [0.15, 0.2) is 60.3 Å². The number of hydrogen-bond donors (Lipinski definition) is 2. The minimum atomic E-state index is -1.29. The Morgan fingerprint density at radius 2 is 1.93 bits per heavy atom. The Morgan fingerprint density at radius 3 is 2.50 bits per heavy atom. The number of ether oxygens (including phenoxy) is 2. The number of carboxylic acids is 1. The Kier molecular flexibility index (Phi) is 7.23. The van der Waals surface area contributed by atoms with E-state index in [0.29, 0.717) is 22.6 Å². The summed E-state index contributed by atoms with van der Waals surface area (Å²) < 4.78 is 10.9. The fraction of sp³-hybridized carbons (Fsp3) is 0.143. The summed E-state index contributed by atoms with van der Waals surface area (Å²) in [5, 5.41) is 12.1. The van der Waals surface area contributed by atoms with Crippen molar-refractivity contribution >= 4 is 29.6 Å². The lowest BCUT2D eigenvalue weighted by Crippen LogP contribution is -2.27. The van der Waals surface area contributed by atoms with Crippen LogP contribution in [0.3, 0.4) is 0 Å². The highest BCUT2D eigenvalue weighted by Gasteiger charge is 2.16. The van der Waals surface area contributed by atoms with E-state index in [2.05, 4.69) is 11.9 Å². The van der Waals surface area contributed by atoms with E-state index in [0.717, 1.165) is 5.57 Å². The third-order valence-electron chi connectivity index (χ3n) is 3.54. The zero-order chi connectivity index (χ0) is 20.7. The predicted octanol–water partition coefficient (Wildman–Crippen LogP) is 4.16. The van der Waals surface area contributed by atoms with Crippen LogP contribution >= 0.6 is 11.6 Å². The third kappa shape index (κ3) is 5.62. The van der Waals surface area contributed by atoms with Crippen molar-refractivity contribution < 1.29 is 24.2 Å². The van der Waals surface area contributed by atoms with Gasteiger partial charge in [-0.05, 0) is 48.4 Å². The van der Waals surface area contributed by atoms with Crippen molar-refractivity contribution in [3.8, 4) is 11.5 Å². The smallest absolute Gasteiger partial charge is 0.352 e. The van der Waals surface area contributed by atoms with Gasteiger partial charge in [-0.1, -0.05) is 36.4 Å². The second kappa shape index (κ2) is 9.62. The topological polar surface area (TPSA) is 84.9 Å². The molecule has 0 unspecified atom stereocenters. The fourth-order valence-electron chi connectivity index (χ4n) is 2.26. The molecule has 0 aromatic heterocycles. The molecule has 2 aromatic rings. The second-order valence-corrected chi connectivity index (χ2v) is 6.37. The van der Waals surface area contributed by atoms with E-state index in [4.69, 9.17) is 21.1 Å². The SMILES string of the molecule is C=C(C)COc1c(Cl)cc(C=C(NC(=O)c2ccccc2)C(=O)O)cc1OC. The quantitative estimate of drug-likeness (QED) is 0.512. The van der Waals surface area contributed by atoms with Gasteiger partial charge in [-0.15, -0.1) is 0 Å². The van der Waals surface area contributed by atoms with Crippen molar-refractivity contribution in [3.63, 3.8) is 0 Å². The highest BCUT2D eigenvalue weighted by Crippen LogP contribution is 2.37. The summed E-state index contributed by atoms with van der Waals surface area (Å²) in [5.41, 5.74) is 1.27. The molecule has 0 heterocycles. The van der Waals surface area contributed by atoms with Crippen molar-refractivity contribution in [2.45, 2.75) is 6.92 Å². The van der Waals surface area contributed by atoms with Crippen molar-refractivity contribution in [2.75, 3.05) is 13.7 Å². The van der Waals surface area contributed by atoms with E-state index in [9.17, 15) is 14.7 Å². The Hall–Kier alpha value is -3.25. The number of nitrogens with one attached hydrogen (secondary N) is 1. The van der Waals surface area contributed by atoms with Crippen LogP contribution in [0.4, 0.5) is 0 Å². The number of amides is 1. The lowest BCUT2D eigenvalue weighted by atomic mass is 10.1. The number of methoxy groups -OCH3 is 1. The lowest BCUT2D eigenvalue weighted by Gasteiger charge is -2.14. The summed E-state index contributed by atoms with van der Waals surface area (Å²) in [7, 11) is 1.45. The van der Waals surface area contributed by atoms with Crippen LogP contribution < -0.4 is 14.8 Å². The standard InChI is InChI=1S/C21H20ClNO5/c1-13(2)12-28-19-16(22)9-14(11-18(19)27-3)10-17(21(25)26)23-20(24)15-7-5-4-6-8-15/h4-11H,1,12H2,2-3H3,(H,23,24)(H,25,26). The van der Waals surface area contributed by atoms with E-state index in [1.54, 1.807) is 36.4 Å². The zero-order valence-corrected chi connectivity index (χ0v) is 16.2. The van der Waals surface area contributed by atoms with Gasteiger partial charge >= 0.3 is 5.97 Å². The maximum absolute atomic E-state index is 12.2. The van der Waals surface area contributed by atoms with E-state index in [-0.39, 0.29) is 17.3 Å². The molecule has 7 heteroatoms. The summed E-state index contributed by atoms with van der Waals surface area (Å²) >= 11 is 6.26. The molecule has 0 bridgehead atoms. The summed E-state index contributed by atoms with van der Waals surface area (Å²) in [6.45, 7) is 5.83. The van der Waals surface area contributed by atoms with Crippen LogP contribution in [0, 0.1) is 0 Å². The molecule has 0 atom stereocenters. The summed E-state index contributed by atoms with van der Waals surface area (Å²) in [6.07, 6.45) is 1.29. The van der Waals surface area contributed by atoms with Crippen molar-refractivity contribution in [1.82, 2.24) is 5.32 Å². The van der Waals surface area contributed by atoms with E-state index < -0.39 is 11.9 Å². The summed E-state index contributed by atoms with van der Waals surface area (Å²) in [6, 6.07) is 11.4. The number of aliphatic carboxylic acids is 1. The highest BCUT2D eigenvalue weighted by molar-refractivity contribution is 6.32. The van der Waals surface area contributed by atoms with Crippen LogP contribution in [0.1, 0.15) is 22.8 Å². The fourth-order valence-corrected chi connectivity index (χ4v) is 2.53. The van der Waals surface area contributed by atoms with Gasteiger partial charge in [-0.25, -0.2) is 4.79 Å². The van der Waals surface area contributed by atoms with Gasteiger partial charge in [0.25, 0.3) is 5.91 Å². The molecule has 0 aliphatic heterocycles. The molecule has 0 aliphatic carbocycles. The Labute approximate surface area is 168 Å². The molecule has 0 fully saturated rings. The van der Waals surface area contributed by atoms with Gasteiger partial charge in [-0.2, -0.15) is 0 Å². The average molecular weight is 402 g/mol. The van der Waals surface area contributed by atoms with Gasteiger partial charge in [0.15, 0.2) is 11.5 Å². The van der Waals surface area contributed by atoms with Gasteiger partial charge in [0.05, 0.1) is 12.1 Å². The molecule has 0 saturated carbocycles. The molecule has 146 valence electrons. The third-order valence-corrected chi connectivity index (χ3v) is 3.82. The van der Waals surface area contributed by atoms with Gasteiger partial charge in [-0.3, -0.25) is 4.79 Å². The number of carboxylic acid groups (broad SMARTS) is 1. The molecule has 0 aliphatic rings. The molecular weight excluding hydrogens is 382 g/mol. The van der Waals surface area contributed by atoms with Crippen LogP contribution in [0.25, 0.3) is 6.08 Å². The van der Waals surface area contributed by atoms with Crippen molar-refractivity contribution in [3.05, 3.63) is 76.5 Å². The van der Waals surface area contributed by atoms with E-state index in [1.165, 1.54) is 19.3 Å². The maximum atomic E-state index is 12.2. The Balaban J connectivity index is 2.33. The predicted molar refractivity (Wildman–Crippen MR) is 108 cm³/mol. The number of carbonyl (C=O) groups is 2. The lowest BCUT2D eigenvalue weighted by molar-refractivity contribution is -0.132. The van der Waals surface area contributed by atoms with Crippen LogP contribution in [-0.4, -0.2) is 30.7 Å². The van der Waals surface area contributed by atoms with E-state index >= 15 is 0 Å². The van der Waals surface area contributed by atoms with Crippen LogP contribution in [0.2, 0.25) is 5.02 Å². The molecule has 2 aromatic carbocycles. The molecule has 0 radical (unpaired) electrons. The van der Waals surface area contributed by atoms with E-state index in [1.807, 2.05) is 6.92 Å². The second-order valence-electron chi connectivity index (χ2n) is 5.96. The largest absolute Gasteiger partial charge is 0.493 e. The molecule has 2 rings (SSSR count). The normalized spacial score (nSPS) is 10.9. The molecule has 0 spiro atoms. The number of halogens is 1. The summed E-state index contributed by atoms with van der Waals surface area (Å²) in [5.74, 6) is -1.16. The Morgan fingerprint density at radius 1 is 1.25 bits per heavy atom. The van der Waals surface area contributed by atoms with Crippen LogP contribution in [0.5, 0.6) is 11.5 Å². The first-order valence-corrected chi connectivity index (χ1v) is 8.65. The average Bonchev–Trinajstić information content (AvgIpc) is 2.66. The first-order chi connectivity index (χ1) is 13.3. The van der Waals surface area contributed by atoms with Crippen LogP contribution in [-0.2, 0) is 4.79 Å². The minimum Gasteiger partial charge on any atom is -0.493 e. The monoisotopic (exact) mass is 401 g/mol. The maximum Gasteiger partial charge on any atom is 0.352 e.